The molecule has 1 aliphatic rings. The van der Waals surface area contributed by atoms with Gasteiger partial charge in [0.15, 0.2) is 6.04 Å². The largest absolute Gasteiger partial charge is 0.495 e. The second-order valence-corrected chi connectivity index (χ2v) is 6.65. The lowest BCUT2D eigenvalue weighted by Crippen LogP contribution is -3.19. The number of quaternary nitrogens is 1. The van der Waals surface area contributed by atoms with Crippen molar-refractivity contribution in [3.05, 3.63) is 54.1 Å². The van der Waals surface area contributed by atoms with Gasteiger partial charge in [0.05, 0.1) is 44.7 Å². The van der Waals surface area contributed by atoms with E-state index in [1.54, 1.807) is 7.11 Å². The number of anilines is 2. The van der Waals surface area contributed by atoms with Crippen molar-refractivity contribution in [3.63, 3.8) is 0 Å². The minimum Gasteiger partial charge on any atom is -0.495 e. The molecule has 3 rings (SSSR count). The molecule has 144 valence electrons. The van der Waals surface area contributed by atoms with Gasteiger partial charge in [0, 0.05) is 6.07 Å². The highest BCUT2D eigenvalue weighted by molar-refractivity contribution is 5.93. The molecule has 1 fully saturated rings. The number of nitrogens with one attached hydrogen (secondary N) is 2. The van der Waals surface area contributed by atoms with Gasteiger partial charge in [-0.15, -0.1) is 0 Å². The summed E-state index contributed by atoms with van der Waals surface area (Å²) in [7, 11) is 1.65. The monoisotopic (exact) mass is 376 g/mol. The van der Waals surface area contributed by atoms with E-state index in [-0.39, 0.29) is 17.6 Å². The number of ether oxygens (including phenoxy) is 1. The van der Waals surface area contributed by atoms with E-state index < -0.39 is 11.6 Å². The molecule has 5 nitrogen and oxygen atoms in total. The molecule has 2 N–H and O–H groups in total. The van der Waals surface area contributed by atoms with E-state index in [9.17, 15) is 13.6 Å². The van der Waals surface area contributed by atoms with Gasteiger partial charge in [-0.1, -0.05) is 12.1 Å². The van der Waals surface area contributed by atoms with Gasteiger partial charge >= 0.3 is 0 Å². The summed E-state index contributed by atoms with van der Waals surface area (Å²) >= 11 is 0. The zero-order valence-corrected chi connectivity index (χ0v) is 15.5. The lowest BCUT2D eigenvalue weighted by molar-refractivity contribution is -0.914. The van der Waals surface area contributed by atoms with Crippen LogP contribution < -0.4 is 19.9 Å². The fourth-order valence-corrected chi connectivity index (χ4v) is 3.38. The number of halogens is 2. The Morgan fingerprint density at radius 2 is 1.89 bits per heavy atom. The number of benzene rings is 2. The van der Waals surface area contributed by atoms with Gasteiger partial charge in [0.25, 0.3) is 5.91 Å². The average Bonchev–Trinajstić information content (AvgIpc) is 2.69. The van der Waals surface area contributed by atoms with Gasteiger partial charge in [-0.05, 0) is 31.2 Å². The number of nitrogens with zero attached hydrogens (tertiary/aromatic N) is 1. The number of carbonyl (C=O) groups excluding carboxylic acids is 1. The first kappa shape index (κ1) is 19.1. The van der Waals surface area contributed by atoms with Crippen molar-refractivity contribution >= 4 is 17.3 Å². The van der Waals surface area contributed by atoms with Crippen LogP contribution in [0.4, 0.5) is 20.2 Å². The summed E-state index contributed by atoms with van der Waals surface area (Å²) in [5.74, 6) is -0.886. The van der Waals surface area contributed by atoms with Crippen LogP contribution >= 0.6 is 0 Å². The van der Waals surface area contributed by atoms with Crippen LogP contribution in [0.5, 0.6) is 5.75 Å². The predicted molar refractivity (Wildman–Crippen MR) is 100 cm³/mol. The third-order valence-electron chi connectivity index (χ3n) is 5.03. The molecule has 0 bridgehead atoms. The molecule has 0 unspecified atom stereocenters. The van der Waals surface area contributed by atoms with E-state index in [1.165, 1.54) is 6.07 Å². The summed E-state index contributed by atoms with van der Waals surface area (Å²) in [4.78, 5) is 15.8. The molecule has 0 spiro atoms. The van der Waals surface area contributed by atoms with E-state index in [0.29, 0.717) is 0 Å². The Morgan fingerprint density at radius 1 is 1.19 bits per heavy atom. The van der Waals surface area contributed by atoms with Gasteiger partial charge < -0.3 is 19.9 Å². The molecule has 0 aliphatic carbocycles. The number of carbonyl (C=O) groups is 1. The fourth-order valence-electron chi connectivity index (χ4n) is 3.38. The number of hydrogen-bond donors (Lipinski definition) is 2. The minimum atomic E-state index is -0.772. The van der Waals surface area contributed by atoms with Crippen molar-refractivity contribution in [1.82, 2.24) is 0 Å². The van der Waals surface area contributed by atoms with Crippen molar-refractivity contribution in [2.24, 2.45) is 0 Å². The zero-order chi connectivity index (χ0) is 19.4. The Hall–Kier alpha value is -2.67. The Morgan fingerprint density at radius 3 is 2.56 bits per heavy atom. The minimum absolute atomic E-state index is 0.000285. The third kappa shape index (κ3) is 4.36. The van der Waals surface area contributed by atoms with Crippen LogP contribution in [0.2, 0.25) is 0 Å². The second-order valence-electron chi connectivity index (χ2n) is 6.65. The lowest BCUT2D eigenvalue weighted by Gasteiger charge is -2.36. The summed E-state index contributed by atoms with van der Waals surface area (Å²) in [5, 5.41) is 2.56. The van der Waals surface area contributed by atoms with Crippen LogP contribution in [-0.2, 0) is 4.79 Å². The van der Waals surface area contributed by atoms with Gasteiger partial charge in [-0.3, -0.25) is 4.79 Å². The third-order valence-corrected chi connectivity index (χ3v) is 5.03. The molecule has 1 heterocycles. The zero-order valence-electron chi connectivity index (χ0n) is 15.5. The summed E-state index contributed by atoms with van der Waals surface area (Å²) in [6.45, 7) is 4.96. The Bertz CT molecular complexity index is 808. The molecule has 1 aliphatic heterocycles. The average molecular weight is 376 g/mol. The highest BCUT2D eigenvalue weighted by Gasteiger charge is 2.30. The van der Waals surface area contributed by atoms with Crippen molar-refractivity contribution in [2.45, 2.75) is 13.0 Å². The van der Waals surface area contributed by atoms with Gasteiger partial charge in [-0.25, -0.2) is 8.78 Å². The molecule has 1 amide bonds. The summed E-state index contributed by atoms with van der Waals surface area (Å²) in [6.07, 6.45) is 0. The van der Waals surface area contributed by atoms with Crippen LogP contribution in [0.25, 0.3) is 0 Å². The van der Waals surface area contributed by atoms with Gasteiger partial charge in [0.2, 0.25) is 0 Å². The molecule has 0 radical (unpaired) electrons. The summed E-state index contributed by atoms with van der Waals surface area (Å²) in [6, 6.07) is 10.7. The fraction of sp³-hybridized carbons (Fsp3) is 0.350. The molecule has 2 aromatic carbocycles. The van der Waals surface area contributed by atoms with E-state index >= 15 is 0 Å². The van der Waals surface area contributed by atoms with Crippen molar-refractivity contribution < 1.29 is 23.2 Å². The maximum Gasteiger partial charge on any atom is 0.282 e. The van der Waals surface area contributed by atoms with Crippen molar-refractivity contribution in [3.8, 4) is 5.75 Å². The van der Waals surface area contributed by atoms with E-state index in [4.69, 9.17) is 4.74 Å². The Labute approximate surface area is 157 Å². The number of piperazine rings is 1. The van der Waals surface area contributed by atoms with Crippen LogP contribution in [0, 0.1) is 11.6 Å². The highest BCUT2D eigenvalue weighted by atomic mass is 19.1. The van der Waals surface area contributed by atoms with Crippen LogP contribution in [0.3, 0.4) is 0 Å². The number of para-hydroxylation sites is 2. The topological polar surface area (TPSA) is 46.0 Å². The molecule has 27 heavy (non-hydrogen) atoms. The highest BCUT2D eigenvalue weighted by Crippen LogP contribution is 2.27. The van der Waals surface area contributed by atoms with Gasteiger partial charge in [-0.2, -0.15) is 0 Å². The molecule has 0 aromatic heterocycles. The normalized spacial score (nSPS) is 16.1. The van der Waals surface area contributed by atoms with Crippen LogP contribution in [0.1, 0.15) is 6.92 Å². The van der Waals surface area contributed by atoms with Crippen molar-refractivity contribution in [1.29, 1.82) is 0 Å². The number of amides is 1. The van der Waals surface area contributed by atoms with Crippen LogP contribution in [0.15, 0.2) is 42.5 Å². The molecular formula is C20H24F2N3O2+. The maximum absolute atomic E-state index is 13.7. The molecule has 7 heteroatoms. The first-order valence-corrected chi connectivity index (χ1v) is 8.98. The van der Waals surface area contributed by atoms with Crippen molar-refractivity contribution in [2.75, 3.05) is 43.5 Å². The van der Waals surface area contributed by atoms with E-state index in [2.05, 4.69) is 10.2 Å². The smallest absolute Gasteiger partial charge is 0.282 e. The quantitative estimate of drug-likeness (QED) is 0.835. The number of methoxy groups -OCH3 is 1. The number of rotatable bonds is 5. The Balaban J connectivity index is 1.59. The van der Waals surface area contributed by atoms with Crippen LogP contribution in [-0.4, -0.2) is 45.2 Å². The summed E-state index contributed by atoms with van der Waals surface area (Å²) in [5.41, 5.74) is 1.05. The molecule has 1 atom stereocenters. The lowest BCUT2D eigenvalue weighted by atomic mass is 10.2. The molecule has 0 saturated carbocycles. The molecule has 1 saturated heterocycles. The Kier molecular flexibility index (Phi) is 5.91. The number of hydrogen-bond acceptors (Lipinski definition) is 3. The first-order chi connectivity index (χ1) is 13.0. The summed E-state index contributed by atoms with van der Waals surface area (Å²) < 4.78 is 32.2. The van der Waals surface area contributed by atoms with E-state index in [1.807, 2.05) is 31.2 Å². The maximum atomic E-state index is 13.7. The second kappa shape index (κ2) is 8.35. The predicted octanol–water partition coefficient (Wildman–Crippen LogP) is 1.71. The molecule has 2 aromatic rings. The first-order valence-electron chi connectivity index (χ1n) is 8.98. The van der Waals surface area contributed by atoms with Gasteiger partial charge in [0.1, 0.15) is 17.4 Å². The van der Waals surface area contributed by atoms with E-state index in [0.717, 1.165) is 54.6 Å². The molecular weight excluding hydrogens is 352 g/mol. The SMILES string of the molecule is COc1ccccc1N1CC[NH+]([C@@H](C)C(=O)Nc2ccc(F)cc2F)CC1. The standard InChI is InChI=1S/C20H23F2N3O2/c1-14(20(26)23-17-8-7-15(21)13-16(17)22)24-9-11-25(12-10-24)18-5-3-4-6-19(18)27-2/h3-8,13-14H,9-12H2,1-2H3,(H,23,26)/p+1/t14-/m0/s1.